The van der Waals surface area contributed by atoms with E-state index in [4.69, 9.17) is 0 Å². The SMILES string of the molecule is CC(NC1CCc2cc(F)ccc21)c1cccc(CO)c1. The van der Waals surface area contributed by atoms with Crippen LogP contribution in [0.1, 0.15) is 47.7 Å². The lowest BCUT2D eigenvalue weighted by Gasteiger charge is -2.21. The average molecular weight is 285 g/mol. The summed E-state index contributed by atoms with van der Waals surface area (Å²) in [5.41, 5.74) is 4.41. The fraction of sp³-hybridized carbons (Fsp3) is 0.333. The number of rotatable bonds is 4. The molecule has 2 N–H and O–H groups in total. The maximum atomic E-state index is 13.3. The number of benzene rings is 2. The van der Waals surface area contributed by atoms with E-state index in [0.717, 1.165) is 29.5 Å². The molecule has 0 bridgehead atoms. The second-order valence-corrected chi connectivity index (χ2v) is 5.73. The molecule has 2 aromatic rings. The minimum Gasteiger partial charge on any atom is -0.392 e. The Morgan fingerprint density at radius 1 is 1.29 bits per heavy atom. The molecule has 2 atom stereocenters. The molecule has 0 aromatic heterocycles. The third kappa shape index (κ3) is 2.99. The number of aliphatic hydroxyl groups excluding tert-OH is 1. The molecule has 0 amide bonds. The Labute approximate surface area is 124 Å². The van der Waals surface area contributed by atoms with Gasteiger partial charge in [0.05, 0.1) is 6.61 Å². The van der Waals surface area contributed by atoms with Crippen LogP contribution in [0.2, 0.25) is 0 Å². The molecule has 0 heterocycles. The Balaban J connectivity index is 1.76. The van der Waals surface area contributed by atoms with E-state index in [2.05, 4.69) is 18.3 Å². The summed E-state index contributed by atoms with van der Waals surface area (Å²) in [6.45, 7) is 2.18. The third-order valence-corrected chi connectivity index (χ3v) is 4.27. The van der Waals surface area contributed by atoms with Crippen LogP contribution < -0.4 is 5.32 Å². The zero-order valence-electron chi connectivity index (χ0n) is 12.1. The molecule has 0 spiro atoms. The first-order chi connectivity index (χ1) is 10.2. The molecule has 3 heteroatoms. The van der Waals surface area contributed by atoms with Crippen LogP contribution >= 0.6 is 0 Å². The van der Waals surface area contributed by atoms with Gasteiger partial charge in [0, 0.05) is 12.1 Å². The van der Waals surface area contributed by atoms with Gasteiger partial charge in [-0.2, -0.15) is 0 Å². The highest BCUT2D eigenvalue weighted by atomic mass is 19.1. The van der Waals surface area contributed by atoms with E-state index in [1.807, 2.05) is 24.3 Å². The van der Waals surface area contributed by atoms with Crippen molar-refractivity contribution in [2.24, 2.45) is 0 Å². The predicted octanol–water partition coefficient (Wildman–Crippen LogP) is 3.66. The van der Waals surface area contributed by atoms with Crippen molar-refractivity contribution in [2.75, 3.05) is 0 Å². The molecule has 0 radical (unpaired) electrons. The van der Waals surface area contributed by atoms with Crippen molar-refractivity contribution in [1.29, 1.82) is 0 Å². The van der Waals surface area contributed by atoms with Gasteiger partial charge in [-0.1, -0.05) is 30.3 Å². The van der Waals surface area contributed by atoms with Crippen molar-refractivity contribution in [2.45, 2.75) is 38.5 Å². The summed E-state index contributed by atoms with van der Waals surface area (Å²) in [5.74, 6) is -0.155. The number of hydrogen-bond donors (Lipinski definition) is 2. The summed E-state index contributed by atoms with van der Waals surface area (Å²) < 4.78 is 13.3. The molecule has 1 aliphatic carbocycles. The number of fused-ring (bicyclic) bond motifs is 1. The van der Waals surface area contributed by atoms with E-state index in [9.17, 15) is 9.50 Å². The van der Waals surface area contributed by atoms with E-state index < -0.39 is 0 Å². The first kappa shape index (κ1) is 14.2. The van der Waals surface area contributed by atoms with Crippen LogP contribution in [-0.2, 0) is 13.0 Å². The molecule has 0 saturated heterocycles. The number of nitrogens with one attached hydrogen (secondary N) is 1. The second kappa shape index (κ2) is 5.96. The molecular weight excluding hydrogens is 265 g/mol. The second-order valence-electron chi connectivity index (χ2n) is 5.73. The van der Waals surface area contributed by atoms with Crippen LogP contribution in [0.5, 0.6) is 0 Å². The van der Waals surface area contributed by atoms with Crippen molar-refractivity contribution in [3.63, 3.8) is 0 Å². The summed E-state index contributed by atoms with van der Waals surface area (Å²) in [6.07, 6.45) is 1.93. The average Bonchev–Trinajstić information content (AvgIpc) is 2.89. The lowest BCUT2D eigenvalue weighted by molar-refractivity contribution is 0.281. The minimum atomic E-state index is -0.155. The van der Waals surface area contributed by atoms with Crippen LogP contribution in [-0.4, -0.2) is 5.11 Å². The van der Waals surface area contributed by atoms with Gasteiger partial charge in [0.2, 0.25) is 0 Å². The first-order valence-corrected chi connectivity index (χ1v) is 7.41. The summed E-state index contributed by atoms with van der Waals surface area (Å²) in [5, 5.41) is 12.8. The molecular formula is C18H20FNO. The van der Waals surface area contributed by atoms with Crippen molar-refractivity contribution in [1.82, 2.24) is 5.32 Å². The largest absolute Gasteiger partial charge is 0.392 e. The molecule has 3 rings (SSSR count). The van der Waals surface area contributed by atoms with Crippen molar-refractivity contribution < 1.29 is 9.50 Å². The summed E-state index contributed by atoms with van der Waals surface area (Å²) >= 11 is 0. The summed E-state index contributed by atoms with van der Waals surface area (Å²) in [7, 11) is 0. The van der Waals surface area contributed by atoms with Crippen LogP contribution in [0.25, 0.3) is 0 Å². The van der Waals surface area contributed by atoms with Gasteiger partial charge in [0.15, 0.2) is 0 Å². The predicted molar refractivity (Wildman–Crippen MR) is 81.4 cm³/mol. The van der Waals surface area contributed by atoms with Gasteiger partial charge in [-0.05, 0) is 54.2 Å². The quantitative estimate of drug-likeness (QED) is 0.898. The Morgan fingerprint density at radius 2 is 2.14 bits per heavy atom. The number of aryl methyl sites for hydroxylation is 1. The molecule has 1 aliphatic rings. The molecule has 2 nitrogen and oxygen atoms in total. The van der Waals surface area contributed by atoms with Crippen LogP contribution in [0, 0.1) is 5.82 Å². The standard InChI is InChI=1S/C18H20FNO/c1-12(14-4-2-3-13(9-14)11-21)20-18-8-5-15-10-16(19)6-7-17(15)18/h2-4,6-7,9-10,12,18,20-21H,5,8,11H2,1H3. The summed E-state index contributed by atoms with van der Waals surface area (Å²) in [6, 6.07) is 13.5. The van der Waals surface area contributed by atoms with Crippen LogP contribution in [0.15, 0.2) is 42.5 Å². The molecule has 110 valence electrons. The molecule has 0 aliphatic heterocycles. The normalized spacial score (nSPS) is 18.5. The monoisotopic (exact) mass is 285 g/mol. The summed E-state index contributed by atoms with van der Waals surface area (Å²) in [4.78, 5) is 0. The Hall–Kier alpha value is -1.71. The van der Waals surface area contributed by atoms with Gasteiger partial charge < -0.3 is 10.4 Å². The number of aliphatic hydroxyl groups is 1. The fourth-order valence-electron chi connectivity index (χ4n) is 3.12. The maximum absolute atomic E-state index is 13.3. The van der Waals surface area contributed by atoms with E-state index in [1.54, 1.807) is 6.07 Å². The van der Waals surface area contributed by atoms with Crippen molar-refractivity contribution in [3.05, 3.63) is 70.5 Å². The molecule has 2 unspecified atom stereocenters. The zero-order chi connectivity index (χ0) is 14.8. The highest BCUT2D eigenvalue weighted by Crippen LogP contribution is 2.33. The first-order valence-electron chi connectivity index (χ1n) is 7.41. The molecule has 2 aromatic carbocycles. The molecule has 0 saturated carbocycles. The van der Waals surface area contributed by atoms with Gasteiger partial charge in [-0.25, -0.2) is 4.39 Å². The third-order valence-electron chi connectivity index (χ3n) is 4.27. The smallest absolute Gasteiger partial charge is 0.123 e. The lowest BCUT2D eigenvalue weighted by atomic mass is 10.0. The topological polar surface area (TPSA) is 32.3 Å². The molecule has 0 fully saturated rings. The number of hydrogen-bond acceptors (Lipinski definition) is 2. The molecule has 21 heavy (non-hydrogen) atoms. The Morgan fingerprint density at radius 3 is 2.95 bits per heavy atom. The van der Waals surface area contributed by atoms with Crippen LogP contribution in [0.4, 0.5) is 4.39 Å². The van der Waals surface area contributed by atoms with E-state index in [-0.39, 0.29) is 24.5 Å². The highest BCUT2D eigenvalue weighted by molar-refractivity contribution is 5.35. The van der Waals surface area contributed by atoms with Crippen molar-refractivity contribution >= 4 is 0 Å². The maximum Gasteiger partial charge on any atom is 0.123 e. The van der Waals surface area contributed by atoms with Gasteiger partial charge >= 0.3 is 0 Å². The zero-order valence-corrected chi connectivity index (χ0v) is 12.1. The van der Waals surface area contributed by atoms with Gasteiger partial charge in [-0.3, -0.25) is 0 Å². The van der Waals surface area contributed by atoms with E-state index >= 15 is 0 Å². The van der Waals surface area contributed by atoms with E-state index in [0.29, 0.717) is 0 Å². The van der Waals surface area contributed by atoms with Gasteiger partial charge in [-0.15, -0.1) is 0 Å². The minimum absolute atomic E-state index is 0.0616. The van der Waals surface area contributed by atoms with Gasteiger partial charge in [0.1, 0.15) is 5.82 Å². The lowest BCUT2D eigenvalue weighted by Crippen LogP contribution is -2.23. The van der Waals surface area contributed by atoms with Crippen molar-refractivity contribution in [3.8, 4) is 0 Å². The van der Waals surface area contributed by atoms with E-state index in [1.165, 1.54) is 11.6 Å². The Bertz CT molecular complexity index is 641. The fourth-order valence-corrected chi connectivity index (χ4v) is 3.12. The Kier molecular flexibility index (Phi) is 4.04. The number of halogens is 1. The highest BCUT2D eigenvalue weighted by Gasteiger charge is 2.24. The van der Waals surface area contributed by atoms with Crippen LogP contribution in [0.3, 0.4) is 0 Å². The van der Waals surface area contributed by atoms with Gasteiger partial charge in [0.25, 0.3) is 0 Å².